The Morgan fingerprint density at radius 2 is 1.90 bits per heavy atom. The zero-order valence-corrected chi connectivity index (χ0v) is 18.3. The molecule has 2 N–H and O–H groups in total. The number of aliphatic imine (C=N–C) groups is 1. The van der Waals surface area contributed by atoms with Crippen molar-refractivity contribution in [3.8, 4) is 11.6 Å². The summed E-state index contributed by atoms with van der Waals surface area (Å²) in [7, 11) is 1.71. The Bertz CT molecular complexity index is 924. The van der Waals surface area contributed by atoms with Gasteiger partial charge in [0.1, 0.15) is 11.6 Å². The van der Waals surface area contributed by atoms with E-state index >= 15 is 0 Å². The van der Waals surface area contributed by atoms with Gasteiger partial charge in [-0.05, 0) is 30.3 Å². The molecular weight excluding hydrogens is 484 g/mol. The van der Waals surface area contributed by atoms with Crippen LogP contribution in [0.3, 0.4) is 0 Å². The summed E-state index contributed by atoms with van der Waals surface area (Å²) >= 11 is 0. The van der Waals surface area contributed by atoms with Gasteiger partial charge in [0.05, 0.1) is 0 Å². The Hall–Kier alpha value is -2.75. The van der Waals surface area contributed by atoms with Crippen molar-refractivity contribution in [2.45, 2.75) is 13.0 Å². The van der Waals surface area contributed by atoms with Crippen molar-refractivity contribution in [2.75, 3.05) is 13.6 Å². The SMILES string of the molecule is CN=C(NCCc1ccccn1)NCc1cccnc1Oc1cccc(F)c1.I. The summed E-state index contributed by atoms with van der Waals surface area (Å²) in [4.78, 5) is 12.8. The first-order valence-electron chi connectivity index (χ1n) is 8.96. The Labute approximate surface area is 186 Å². The fourth-order valence-electron chi connectivity index (χ4n) is 2.55. The quantitative estimate of drug-likeness (QED) is 0.288. The third kappa shape index (κ3) is 7.30. The van der Waals surface area contributed by atoms with E-state index in [0.717, 1.165) is 17.7 Å². The van der Waals surface area contributed by atoms with E-state index in [1.165, 1.54) is 12.1 Å². The van der Waals surface area contributed by atoms with Crippen LogP contribution in [0.4, 0.5) is 4.39 Å². The van der Waals surface area contributed by atoms with E-state index in [9.17, 15) is 4.39 Å². The van der Waals surface area contributed by atoms with Gasteiger partial charge in [0.2, 0.25) is 5.88 Å². The van der Waals surface area contributed by atoms with Crippen molar-refractivity contribution < 1.29 is 9.13 Å². The molecule has 29 heavy (non-hydrogen) atoms. The molecule has 0 saturated heterocycles. The molecule has 6 nitrogen and oxygen atoms in total. The van der Waals surface area contributed by atoms with Gasteiger partial charge < -0.3 is 15.4 Å². The lowest BCUT2D eigenvalue weighted by atomic mass is 10.2. The number of hydrogen-bond donors (Lipinski definition) is 2. The predicted octanol–water partition coefficient (Wildman–Crippen LogP) is 3.93. The molecule has 152 valence electrons. The highest BCUT2D eigenvalue weighted by Crippen LogP contribution is 2.23. The molecule has 3 rings (SSSR count). The second-order valence-corrected chi connectivity index (χ2v) is 5.95. The number of nitrogens with zero attached hydrogens (tertiary/aromatic N) is 3. The van der Waals surface area contributed by atoms with E-state index < -0.39 is 0 Å². The minimum Gasteiger partial charge on any atom is -0.439 e. The van der Waals surface area contributed by atoms with Crippen molar-refractivity contribution >= 4 is 29.9 Å². The fourth-order valence-corrected chi connectivity index (χ4v) is 2.55. The second-order valence-electron chi connectivity index (χ2n) is 5.95. The second kappa shape index (κ2) is 11.9. The molecular formula is C21H23FIN5O. The molecule has 0 spiro atoms. The lowest BCUT2D eigenvalue weighted by molar-refractivity contribution is 0.450. The van der Waals surface area contributed by atoms with Gasteiger partial charge in [0.25, 0.3) is 0 Å². The average molecular weight is 507 g/mol. The molecule has 0 amide bonds. The van der Waals surface area contributed by atoms with Gasteiger partial charge in [0, 0.05) is 56.3 Å². The third-order valence-corrected chi connectivity index (χ3v) is 3.93. The smallest absolute Gasteiger partial charge is 0.224 e. The van der Waals surface area contributed by atoms with Crippen molar-refractivity contribution in [2.24, 2.45) is 4.99 Å². The minimum atomic E-state index is -0.356. The van der Waals surface area contributed by atoms with E-state index in [0.29, 0.717) is 30.7 Å². The van der Waals surface area contributed by atoms with Gasteiger partial charge >= 0.3 is 0 Å². The van der Waals surface area contributed by atoms with Gasteiger partial charge in [-0.3, -0.25) is 9.98 Å². The van der Waals surface area contributed by atoms with Crippen molar-refractivity contribution in [3.05, 3.63) is 84.1 Å². The normalized spacial score (nSPS) is 10.8. The molecule has 0 atom stereocenters. The number of guanidine groups is 1. The zero-order chi connectivity index (χ0) is 19.6. The van der Waals surface area contributed by atoms with Crippen LogP contribution in [0, 0.1) is 5.82 Å². The number of rotatable bonds is 7. The molecule has 0 bridgehead atoms. The number of pyridine rings is 2. The largest absolute Gasteiger partial charge is 0.439 e. The molecule has 0 saturated carbocycles. The highest BCUT2D eigenvalue weighted by Gasteiger charge is 2.08. The molecule has 8 heteroatoms. The number of nitrogens with one attached hydrogen (secondary N) is 2. The summed E-state index contributed by atoms with van der Waals surface area (Å²) in [5.41, 5.74) is 1.85. The number of aromatic nitrogens is 2. The van der Waals surface area contributed by atoms with Crippen LogP contribution in [-0.2, 0) is 13.0 Å². The topological polar surface area (TPSA) is 71.4 Å². The summed E-state index contributed by atoms with van der Waals surface area (Å²) < 4.78 is 19.1. The molecule has 0 unspecified atom stereocenters. The first-order chi connectivity index (χ1) is 13.7. The predicted molar refractivity (Wildman–Crippen MR) is 122 cm³/mol. The number of hydrogen-bond acceptors (Lipinski definition) is 4. The Kier molecular flexibility index (Phi) is 9.29. The highest BCUT2D eigenvalue weighted by molar-refractivity contribution is 14.0. The monoisotopic (exact) mass is 507 g/mol. The van der Waals surface area contributed by atoms with Gasteiger partial charge in [-0.2, -0.15) is 0 Å². The number of benzene rings is 1. The maximum atomic E-state index is 13.4. The molecule has 2 heterocycles. The standard InChI is InChI=1S/C21H22FN5O.HI/c1-23-21(26-13-10-18-8-2-3-11-24-18)27-15-16-6-5-12-25-20(16)28-19-9-4-7-17(22)14-19;/h2-9,11-12,14H,10,13,15H2,1H3,(H2,23,26,27);1H. The summed E-state index contributed by atoms with van der Waals surface area (Å²) in [6.45, 7) is 1.16. The first kappa shape index (κ1) is 22.5. The summed E-state index contributed by atoms with van der Waals surface area (Å²) in [5.74, 6) is 1.13. The fraction of sp³-hybridized carbons (Fsp3) is 0.190. The highest BCUT2D eigenvalue weighted by atomic mass is 127. The Balaban J connectivity index is 0.00000300. The molecule has 0 aliphatic carbocycles. The summed E-state index contributed by atoms with van der Waals surface area (Å²) in [6, 6.07) is 15.6. The van der Waals surface area contributed by atoms with Crippen LogP contribution in [-0.4, -0.2) is 29.5 Å². The third-order valence-electron chi connectivity index (χ3n) is 3.93. The maximum absolute atomic E-state index is 13.4. The molecule has 0 aliphatic heterocycles. The van der Waals surface area contributed by atoms with Crippen LogP contribution in [0.2, 0.25) is 0 Å². The van der Waals surface area contributed by atoms with Gasteiger partial charge in [0.15, 0.2) is 5.96 Å². The summed E-state index contributed by atoms with van der Waals surface area (Å²) in [6.07, 6.45) is 4.21. The Morgan fingerprint density at radius 3 is 2.66 bits per heavy atom. The molecule has 0 fully saturated rings. The number of halogens is 2. The molecule has 0 radical (unpaired) electrons. The van der Waals surface area contributed by atoms with Crippen molar-refractivity contribution in [1.82, 2.24) is 20.6 Å². The first-order valence-corrected chi connectivity index (χ1v) is 8.96. The van der Waals surface area contributed by atoms with Gasteiger partial charge in [-0.25, -0.2) is 9.37 Å². The Morgan fingerprint density at radius 1 is 1.03 bits per heavy atom. The lowest BCUT2D eigenvalue weighted by Gasteiger charge is -2.14. The minimum absolute atomic E-state index is 0. The van der Waals surface area contributed by atoms with Gasteiger partial charge in [-0.1, -0.05) is 18.2 Å². The van der Waals surface area contributed by atoms with E-state index in [4.69, 9.17) is 4.74 Å². The molecule has 1 aromatic carbocycles. The van der Waals surface area contributed by atoms with Crippen LogP contribution in [0.15, 0.2) is 72.0 Å². The lowest BCUT2D eigenvalue weighted by Crippen LogP contribution is -2.38. The molecule has 2 aromatic heterocycles. The van der Waals surface area contributed by atoms with E-state index in [1.807, 2.05) is 30.3 Å². The van der Waals surface area contributed by atoms with Crippen LogP contribution >= 0.6 is 24.0 Å². The average Bonchev–Trinajstić information content (AvgIpc) is 2.72. The van der Waals surface area contributed by atoms with Crippen molar-refractivity contribution in [3.63, 3.8) is 0 Å². The van der Waals surface area contributed by atoms with E-state index in [1.54, 1.807) is 31.6 Å². The number of ether oxygens (including phenoxy) is 1. The van der Waals surface area contributed by atoms with Crippen LogP contribution in [0.1, 0.15) is 11.3 Å². The summed E-state index contributed by atoms with van der Waals surface area (Å²) in [5, 5.41) is 6.49. The zero-order valence-electron chi connectivity index (χ0n) is 16.0. The van der Waals surface area contributed by atoms with E-state index in [-0.39, 0.29) is 29.8 Å². The van der Waals surface area contributed by atoms with E-state index in [2.05, 4.69) is 25.6 Å². The molecule has 0 aliphatic rings. The van der Waals surface area contributed by atoms with Crippen LogP contribution in [0.25, 0.3) is 0 Å². The van der Waals surface area contributed by atoms with Crippen LogP contribution in [0.5, 0.6) is 11.6 Å². The maximum Gasteiger partial charge on any atom is 0.224 e. The van der Waals surface area contributed by atoms with Crippen molar-refractivity contribution in [1.29, 1.82) is 0 Å². The molecule has 3 aromatic rings. The van der Waals surface area contributed by atoms with Gasteiger partial charge in [-0.15, -0.1) is 24.0 Å². The van der Waals surface area contributed by atoms with Crippen LogP contribution < -0.4 is 15.4 Å².